The monoisotopic (exact) mass is 241 g/mol. The number of nitrogens with two attached hydrogens (primary N) is 1. The maximum atomic E-state index is 8.84. The minimum Gasteiger partial charge on any atom is -0.396 e. The number of aliphatic hydroxyl groups excluding tert-OH is 1. The van der Waals surface area contributed by atoms with E-state index in [1.807, 2.05) is 24.3 Å². The molecule has 0 saturated heterocycles. The quantitative estimate of drug-likeness (QED) is 0.844. The lowest BCUT2D eigenvalue weighted by Gasteiger charge is -2.12. The number of aliphatic hydroxyl groups is 1. The first kappa shape index (κ1) is 12.8. The minimum atomic E-state index is 0.000752. The van der Waals surface area contributed by atoms with E-state index in [1.54, 1.807) is 0 Å². The van der Waals surface area contributed by atoms with Crippen molar-refractivity contribution >= 4 is 0 Å². The van der Waals surface area contributed by atoms with Crippen molar-refractivity contribution in [3.05, 3.63) is 60.2 Å². The van der Waals surface area contributed by atoms with Crippen LogP contribution in [0.2, 0.25) is 0 Å². The maximum Gasteiger partial charge on any atom is 0.0431 e. The summed E-state index contributed by atoms with van der Waals surface area (Å²) in [6, 6.07) is 18.6. The predicted octanol–water partition coefficient (Wildman–Crippen LogP) is 3.13. The van der Waals surface area contributed by atoms with E-state index in [-0.39, 0.29) is 12.6 Å². The van der Waals surface area contributed by atoms with Crippen molar-refractivity contribution < 1.29 is 5.11 Å². The molecule has 0 fully saturated rings. The van der Waals surface area contributed by atoms with Crippen molar-refractivity contribution in [3.63, 3.8) is 0 Å². The Labute approximate surface area is 108 Å². The van der Waals surface area contributed by atoms with Crippen LogP contribution in [0.5, 0.6) is 0 Å². The molecule has 0 aliphatic heterocycles. The van der Waals surface area contributed by atoms with Crippen molar-refractivity contribution in [2.24, 2.45) is 5.73 Å². The molecular formula is C16H19NO. The molecule has 94 valence electrons. The first-order chi connectivity index (χ1) is 8.81. The Morgan fingerprint density at radius 3 is 2.39 bits per heavy atom. The van der Waals surface area contributed by atoms with Crippen LogP contribution in [0.4, 0.5) is 0 Å². The highest BCUT2D eigenvalue weighted by atomic mass is 16.2. The molecule has 2 heteroatoms. The van der Waals surface area contributed by atoms with Gasteiger partial charge in [-0.25, -0.2) is 0 Å². The van der Waals surface area contributed by atoms with E-state index in [4.69, 9.17) is 10.8 Å². The Morgan fingerprint density at radius 2 is 1.67 bits per heavy atom. The molecular weight excluding hydrogens is 222 g/mol. The molecule has 0 unspecified atom stereocenters. The highest BCUT2D eigenvalue weighted by Gasteiger charge is 2.06. The smallest absolute Gasteiger partial charge is 0.0431 e. The third-order valence-corrected chi connectivity index (χ3v) is 3.10. The second-order valence-electron chi connectivity index (χ2n) is 4.46. The van der Waals surface area contributed by atoms with Gasteiger partial charge in [-0.2, -0.15) is 0 Å². The van der Waals surface area contributed by atoms with Gasteiger partial charge in [0.2, 0.25) is 0 Å². The third kappa shape index (κ3) is 3.19. The normalized spacial score (nSPS) is 12.3. The van der Waals surface area contributed by atoms with Gasteiger partial charge in [0, 0.05) is 12.6 Å². The van der Waals surface area contributed by atoms with Gasteiger partial charge < -0.3 is 10.8 Å². The lowest BCUT2D eigenvalue weighted by atomic mass is 9.98. The van der Waals surface area contributed by atoms with Crippen molar-refractivity contribution in [3.8, 4) is 11.1 Å². The van der Waals surface area contributed by atoms with Crippen LogP contribution in [-0.2, 0) is 0 Å². The van der Waals surface area contributed by atoms with Crippen LogP contribution in [0.15, 0.2) is 54.6 Å². The van der Waals surface area contributed by atoms with E-state index in [0.717, 1.165) is 18.4 Å². The summed E-state index contributed by atoms with van der Waals surface area (Å²) >= 11 is 0. The molecule has 0 spiro atoms. The molecule has 0 aromatic heterocycles. The van der Waals surface area contributed by atoms with E-state index in [0.29, 0.717) is 0 Å². The molecule has 0 radical (unpaired) electrons. The lowest BCUT2D eigenvalue weighted by molar-refractivity contribution is 0.280. The van der Waals surface area contributed by atoms with Crippen LogP contribution >= 0.6 is 0 Å². The Morgan fingerprint density at radius 1 is 0.944 bits per heavy atom. The SMILES string of the molecule is N[C@H](CCCO)c1cccc(-c2ccccc2)c1. The second-order valence-corrected chi connectivity index (χ2v) is 4.46. The van der Waals surface area contributed by atoms with Crippen LogP contribution in [0.3, 0.4) is 0 Å². The molecule has 3 N–H and O–H groups in total. The van der Waals surface area contributed by atoms with Crippen LogP contribution in [0, 0.1) is 0 Å². The Kier molecular flexibility index (Phi) is 4.51. The number of hydrogen-bond donors (Lipinski definition) is 2. The summed E-state index contributed by atoms with van der Waals surface area (Å²) in [4.78, 5) is 0. The fourth-order valence-corrected chi connectivity index (χ4v) is 2.06. The molecule has 0 heterocycles. The molecule has 0 saturated carbocycles. The molecule has 0 amide bonds. The predicted molar refractivity (Wildman–Crippen MR) is 75.1 cm³/mol. The first-order valence-electron chi connectivity index (χ1n) is 6.33. The summed E-state index contributed by atoms with van der Waals surface area (Å²) in [6.45, 7) is 0.200. The van der Waals surface area contributed by atoms with E-state index in [1.165, 1.54) is 11.1 Å². The summed E-state index contributed by atoms with van der Waals surface area (Å²) in [5, 5.41) is 8.84. The van der Waals surface area contributed by atoms with E-state index in [2.05, 4.69) is 30.3 Å². The van der Waals surface area contributed by atoms with E-state index >= 15 is 0 Å². The van der Waals surface area contributed by atoms with Gasteiger partial charge in [0.05, 0.1) is 0 Å². The summed E-state index contributed by atoms with van der Waals surface area (Å²) in [5.41, 5.74) is 9.64. The Balaban J connectivity index is 2.20. The number of benzene rings is 2. The summed E-state index contributed by atoms with van der Waals surface area (Å²) in [7, 11) is 0. The van der Waals surface area contributed by atoms with Crippen LogP contribution in [-0.4, -0.2) is 11.7 Å². The highest BCUT2D eigenvalue weighted by molar-refractivity contribution is 5.64. The Hall–Kier alpha value is -1.64. The van der Waals surface area contributed by atoms with Crippen molar-refractivity contribution in [2.75, 3.05) is 6.61 Å². The highest BCUT2D eigenvalue weighted by Crippen LogP contribution is 2.23. The molecule has 0 aliphatic carbocycles. The topological polar surface area (TPSA) is 46.2 Å². The van der Waals surface area contributed by atoms with Gasteiger partial charge in [0.15, 0.2) is 0 Å². The number of hydrogen-bond acceptors (Lipinski definition) is 2. The average molecular weight is 241 g/mol. The summed E-state index contributed by atoms with van der Waals surface area (Å²) in [6.07, 6.45) is 1.56. The summed E-state index contributed by atoms with van der Waals surface area (Å²) in [5.74, 6) is 0. The molecule has 2 aromatic rings. The van der Waals surface area contributed by atoms with Crippen LogP contribution < -0.4 is 5.73 Å². The average Bonchev–Trinajstić information content (AvgIpc) is 2.46. The minimum absolute atomic E-state index is 0.000752. The standard InChI is InChI=1S/C16H19NO/c17-16(10-5-11-18)15-9-4-8-14(12-15)13-6-2-1-3-7-13/h1-4,6-9,12,16,18H,5,10-11,17H2/t16-/m1/s1. The van der Waals surface area contributed by atoms with Crippen molar-refractivity contribution in [1.29, 1.82) is 0 Å². The number of rotatable bonds is 5. The molecule has 1 atom stereocenters. The molecule has 18 heavy (non-hydrogen) atoms. The molecule has 2 rings (SSSR count). The van der Waals surface area contributed by atoms with Crippen molar-refractivity contribution in [1.82, 2.24) is 0 Å². The van der Waals surface area contributed by atoms with Crippen molar-refractivity contribution in [2.45, 2.75) is 18.9 Å². The molecule has 2 aromatic carbocycles. The van der Waals surface area contributed by atoms with Gasteiger partial charge in [-0.15, -0.1) is 0 Å². The maximum absolute atomic E-state index is 8.84. The largest absolute Gasteiger partial charge is 0.396 e. The zero-order valence-corrected chi connectivity index (χ0v) is 10.4. The Bertz CT molecular complexity index is 481. The molecule has 0 bridgehead atoms. The first-order valence-corrected chi connectivity index (χ1v) is 6.33. The molecule has 2 nitrogen and oxygen atoms in total. The van der Waals surface area contributed by atoms with E-state index < -0.39 is 0 Å². The van der Waals surface area contributed by atoms with Gasteiger partial charge in [0.1, 0.15) is 0 Å². The van der Waals surface area contributed by atoms with Gasteiger partial charge in [-0.3, -0.25) is 0 Å². The summed E-state index contributed by atoms with van der Waals surface area (Å²) < 4.78 is 0. The molecule has 0 aliphatic rings. The van der Waals surface area contributed by atoms with Gasteiger partial charge in [-0.1, -0.05) is 48.5 Å². The zero-order chi connectivity index (χ0) is 12.8. The van der Waals surface area contributed by atoms with Gasteiger partial charge in [0.25, 0.3) is 0 Å². The van der Waals surface area contributed by atoms with Crippen LogP contribution in [0.25, 0.3) is 11.1 Å². The fraction of sp³-hybridized carbons (Fsp3) is 0.250. The van der Waals surface area contributed by atoms with Gasteiger partial charge in [-0.05, 0) is 35.6 Å². The fourth-order valence-electron chi connectivity index (χ4n) is 2.06. The van der Waals surface area contributed by atoms with E-state index in [9.17, 15) is 0 Å². The lowest BCUT2D eigenvalue weighted by Crippen LogP contribution is -2.10. The second kappa shape index (κ2) is 6.34. The van der Waals surface area contributed by atoms with Crippen LogP contribution in [0.1, 0.15) is 24.4 Å². The third-order valence-electron chi connectivity index (χ3n) is 3.10. The van der Waals surface area contributed by atoms with Gasteiger partial charge >= 0.3 is 0 Å². The zero-order valence-electron chi connectivity index (χ0n) is 10.4.